The van der Waals surface area contributed by atoms with Crippen molar-refractivity contribution in [1.29, 1.82) is 0 Å². The molecule has 0 aromatic heterocycles. The highest BCUT2D eigenvalue weighted by Gasteiger charge is 2.28. The summed E-state index contributed by atoms with van der Waals surface area (Å²) in [4.78, 5) is 28.1. The number of thioether (sulfide) groups is 1. The van der Waals surface area contributed by atoms with Gasteiger partial charge in [0.05, 0.1) is 0 Å². The Hall–Kier alpha value is -1.49. The molecule has 1 aromatic rings. The lowest BCUT2D eigenvalue weighted by atomic mass is 10.1. The maximum atomic E-state index is 12.7. The molecule has 1 saturated heterocycles. The Bertz CT molecular complexity index is 607. The Morgan fingerprint density at radius 1 is 1.18 bits per heavy atom. The van der Waals surface area contributed by atoms with Crippen LogP contribution in [0.25, 0.3) is 0 Å². The molecule has 5 heteroatoms. The largest absolute Gasteiger partial charge is 0.336 e. The van der Waals surface area contributed by atoms with E-state index in [4.69, 9.17) is 0 Å². The number of nitrogens with zero attached hydrogens (tertiary/aromatic N) is 2. The lowest BCUT2D eigenvalue weighted by Gasteiger charge is -2.34. The summed E-state index contributed by atoms with van der Waals surface area (Å²) in [5.41, 5.74) is 2.81. The SMILES string of the molecule is CC(=O)N1CCc2cc(C(=O)N3CC(C)SC(C)C3)ccc21. The van der Waals surface area contributed by atoms with Crippen LogP contribution in [0.5, 0.6) is 0 Å². The number of carbonyl (C=O) groups excluding carboxylic acids is 2. The third-order valence-electron chi connectivity index (χ3n) is 4.31. The van der Waals surface area contributed by atoms with Crippen LogP contribution in [0.15, 0.2) is 18.2 Å². The molecule has 0 aliphatic carbocycles. The molecule has 1 aromatic carbocycles. The number of carbonyl (C=O) groups is 2. The van der Waals surface area contributed by atoms with Gasteiger partial charge < -0.3 is 9.80 Å². The molecular weight excluding hydrogens is 296 g/mol. The molecule has 0 spiro atoms. The molecule has 0 N–H and O–H groups in total. The first-order chi connectivity index (χ1) is 10.5. The van der Waals surface area contributed by atoms with E-state index in [-0.39, 0.29) is 11.8 Å². The maximum absolute atomic E-state index is 12.7. The standard InChI is InChI=1S/C17H22N2O2S/c1-11-9-18(10-12(2)22-11)17(21)15-4-5-16-14(8-15)6-7-19(16)13(3)20/h4-5,8,11-12H,6-7,9-10H2,1-3H3. The monoisotopic (exact) mass is 318 g/mol. The van der Waals surface area contributed by atoms with Crippen molar-refractivity contribution in [3.05, 3.63) is 29.3 Å². The van der Waals surface area contributed by atoms with Gasteiger partial charge in [-0.15, -0.1) is 0 Å². The van der Waals surface area contributed by atoms with E-state index in [0.717, 1.165) is 42.9 Å². The highest BCUT2D eigenvalue weighted by atomic mass is 32.2. The van der Waals surface area contributed by atoms with Gasteiger partial charge >= 0.3 is 0 Å². The highest BCUT2D eigenvalue weighted by molar-refractivity contribution is 8.00. The van der Waals surface area contributed by atoms with Gasteiger partial charge in [-0.05, 0) is 30.2 Å². The molecule has 2 amide bonds. The predicted molar refractivity (Wildman–Crippen MR) is 90.6 cm³/mol. The fourth-order valence-corrected chi connectivity index (χ4v) is 4.71. The quantitative estimate of drug-likeness (QED) is 0.799. The second kappa shape index (κ2) is 5.95. The molecule has 0 saturated carbocycles. The number of fused-ring (bicyclic) bond motifs is 1. The fourth-order valence-electron chi connectivity index (χ4n) is 3.39. The van der Waals surface area contributed by atoms with E-state index in [1.54, 1.807) is 11.8 Å². The van der Waals surface area contributed by atoms with E-state index in [9.17, 15) is 9.59 Å². The summed E-state index contributed by atoms with van der Waals surface area (Å²) in [5.74, 6) is 0.177. The van der Waals surface area contributed by atoms with Gasteiger partial charge in [-0.3, -0.25) is 9.59 Å². The van der Waals surface area contributed by atoms with Crippen molar-refractivity contribution in [2.45, 2.75) is 37.7 Å². The minimum absolute atomic E-state index is 0.0635. The molecule has 0 bridgehead atoms. The first-order valence-electron chi connectivity index (χ1n) is 7.81. The fraction of sp³-hybridized carbons (Fsp3) is 0.529. The van der Waals surface area contributed by atoms with Crippen LogP contribution in [0.4, 0.5) is 5.69 Å². The topological polar surface area (TPSA) is 40.6 Å². The second-order valence-corrected chi connectivity index (χ2v) is 8.11. The zero-order valence-electron chi connectivity index (χ0n) is 13.3. The molecule has 1 fully saturated rings. The summed E-state index contributed by atoms with van der Waals surface area (Å²) in [5, 5.41) is 0.964. The van der Waals surface area contributed by atoms with Gasteiger partial charge in [0.25, 0.3) is 5.91 Å². The predicted octanol–water partition coefficient (Wildman–Crippen LogP) is 2.56. The number of rotatable bonds is 1. The van der Waals surface area contributed by atoms with Gasteiger partial charge in [-0.2, -0.15) is 11.8 Å². The number of hydrogen-bond donors (Lipinski definition) is 0. The first kappa shape index (κ1) is 15.4. The molecule has 0 radical (unpaired) electrons. The van der Waals surface area contributed by atoms with Crippen molar-refractivity contribution in [2.24, 2.45) is 0 Å². The van der Waals surface area contributed by atoms with Gasteiger partial charge in [0.15, 0.2) is 0 Å². The Kier molecular flexibility index (Phi) is 4.17. The van der Waals surface area contributed by atoms with E-state index in [0.29, 0.717) is 10.5 Å². The molecule has 2 aliphatic rings. The Morgan fingerprint density at radius 2 is 1.86 bits per heavy atom. The van der Waals surface area contributed by atoms with Crippen LogP contribution in [-0.2, 0) is 11.2 Å². The lowest BCUT2D eigenvalue weighted by Crippen LogP contribution is -2.44. The van der Waals surface area contributed by atoms with E-state index >= 15 is 0 Å². The van der Waals surface area contributed by atoms with E-state index in [2.05, 4.69) is 13.8 Å². The summed E-state index contributed by atoms with van der Waals surface area (Å²) in [6.07, 6.45) is 0.832. The zero-order chi connectivity index (χ0) is 15.9. The summed E-state index contributed by atoms with van der Waals surface area (Å²) in [6, 6.07) is 5.75. The lowest BCUT2D eigenvalue weighted by molar-refractivity contribution is -0.116. The minimum Gasteiger partial charge on any atom is -0.336 e. The molecule has 4 nitrogen and oxygen atoms in total. The van der Waals surface area contributed by atoms with Crippen LogP contribution < -0.4 is 4.90 Å². The van der Waals surface area contributed by atoms with Crippen LogP contribution in [0.3, 0.4) is 0 Å². The van der Waals surface area contributed by atoms with Crippen molar-refractivity contribution in [3.63, 3.8) is 0 Å². The molecule has 3 rings (SSSR count). The third-order valence-corrected chi connectivity index (χ3v) is 5.54. The van der Waals surface area contributed by atoms with Crippen molar-refractivity contribution in [1.82, 2.24) is 4.90 Å². The van der Waals surface area contributed by atoms with Crippen molar-refractivity contribution in [2.75, 3.05) is 24.5 Å². The van der Waals surface area contributed by atoms with Crippen LogP contribution in [0.1, 0.15) is 36.7 Å². The van der Waals surface area contributed by atoms with E-state index < -0.39 is 0 Å². The number of benzene rings is 1. The Labute approximate surface area is 135 Å². The van der Waals surface area contributed by atoms with Crippen molar-refractivity contribution < 1.29 is 9.59 Å². The van der Waals surface area contributed by atoms with Crippen LogP contribution in [0.2, 0.25) is 0 Å². The molecule has 118 valence electrons. The van der Waals surface area contributed by atoms with E-state index in [1.807, 2.05) is 34.9 Å². The molecular formula is C17H22N2O2S. The first-order valence-corrected chi connectivity index (χ1v) is 8.75. The summed E-state index contributed by atoms with van der Waals surface area (Å²) in [6.45, 7) is 8.27. The summed E-state index contributed by atoms with van der Waals surface area (Å²) >= 11 is 1.94. The number of hydrogen-bond acceptors (Lipinski definition) is 3. The average Bonchev–Trinajstić information content (AvgIpc) is 2.88. The van der Waals surface area contributed by atoms with Gasteiger partial charge in [0.2, 0.25) is 5.91 Å². The average molecular weight is 318 g/mol. The Balaban J connectivity index is 1.81. The van der Waals surface area contributed by atoms with Crippen LogP contribution >= 0.6 is 11.8 Å². The summed E-state index contributed by atoms with van der Waals surface area (Å²) in [7, 11) is 0. The smallest absolute Gasteiger partial charge is 0.253 e. The third kappa shape index (κ3) is 2.86. The summed E-state index contributed by atoms with van der Waals surface area (Å²) < 4.78 is 0. The molecule has 22 heavy (non-hydrogen) atoms. The van der Waals surface area contributed by atoms with Crippen molar-refractivity contribution >= 4 is 29.3 Å². The molecule has 2 aliphatic heterocycles. The normalized spacial score (nSPS) is 24.3. The maximum Gasteiger partial charge on any atom is 0.253 e. The molecule has 2 atom stereocenters. The minimum atomic E-state index is 0.0635. The Morgan fingerprint density at radius 3 is 2.50 bits per heavy atom. The second-order valence-electron chi connectivity index (χ2n) is 6.23. The van der Waals surface area contributed by atoms with E-state index in [1.165, 1.54) is 0 Å². The molecule has 2 unspecified atom stereocenters. The molecule has 2 heterocycles. The van der Waals surface area contributed by atoms with Crippen LogP contribution in [-0.4, -0.2) is 46.8 Å². The van der Waals surface area contributed by atoms with Crippen molar-refractivity contribution in [3.8, 4) is 0 Å². The zero-order valence-corrected chi connectivity index (χ0v) is 14.2. The van der Waals surface area contributed by atoms with Gasteiger partial charge in [-0.25, -0.2) is 0 Å². The number of amides is 2. The number of anilines is 1. The van der Waals surface area contributed by atoms with Gasteiger partial charge in [-0.1, -0.05) is 13.8 Å². The van der Waals surface area contributed by atoms with Gasteiger partial charge in [0.1, 0.15) is 0 Å². The van der Waals surface area contributed by atoms with Crippen LogP contribution in [0, 0.1) is 0 Å². The highest BCUT2D eigenvalue weighted by Crippen LogP contribution is 2.30. The van der Waals surface area contributed by atoms with Gasteiger partial charge in [0, 0.05) is 48.3 Å².